The summed E-state index contributed by atoms with van der Waals surface area (Å²) >= 11 is 6.17. The molecular weight excluding hydrogens is 299 g/mol. The predicted molar refractivity (Wildman–Crippen MR) is 80.2 cm³/mol. The molecule has 0 aliphatic carbocycles. The fourth-order valence-electron chi connectivity index (χ4n) is 2.88. The normalized spacial score (nSPS) is 25.0. The Morgan fingerprint density at radius 1 is 1.45 bits per heavy atom. The second kappa shape index (κ2) is 6.31. The van der Waals surface area contributed by atoms with E-state index in [1.807, 2.05) is 23.1 Å². The van der Waals surface area contributed by atoms with Gasteiger partial charge in [-0.05, 0) is 30.0 Å². The highest BCUT2D eigenvalue weighted by Crippen LogP contribution is 2.26. The second-order valence-corrected chi connectivity index (χ2v) is 5.64. The van der Waals surface area contributed by atoms with Crippen molar-refractivity contribution in [3.63, 3.8) is 0 Å². The number of carbonyl (C=O) groups excluding carboxylic acids is 1. The number of aliphatic hydroxyl groups is 1. The van der Waals surface area contributed by atoms with Crippen LogP contribution >= 0.6 is 24.0 Å². The molecule has 1 aromatic carbocycles. The number of nitrogens with zero attached hydrogens (tertiary/aromatic N) is 1. The van der Waals surface area contributed by atoms with Crippen molar-refractivity contribution in [1.29, 1.82) is 0 Å². The van der Waals surface area contributed by atoms with E-state index in [1.54, 1.807) is 0 Å². The van der Waals surface area contributed by atoms with E-state index >= 15 is 0 Å². The molecule has 6 heteroatoms. The first-order chi connectivity index (χ1) is 9.15. The number of hydrogen-bond acceptors (Lipinski definition) is 3. The maximum atomic E-state index is 12.4. The summed E-state index contributed by atoms with van der Waals surface area (Å²) in [6, 6.07) is 5.60. The number of β-amino-alcohol motifs (C(OH)–C–C–N with tert-alkyl or cyclic N) is 1. The molecule has 0 bridgehead atoms. The van der Waals surface area contributed by atoms with Crippen LogP contribution in [-0.4, -0.2) is 41.1 Å². The van der Waals surface area contributed by atoms with Crippen molar-refractivity contribution in [2.45, 2.75) is 31.5 Å². The van der Waals surface area contributed by atoms with Gasteiger partial charge >= 0.3 is 0 Å². The van der Waals surface area contributed by atoms with Crippen LogP contribution in [0.2, 0.25) is 5.02 Å². The van der Waals surface area contributed by atoms with Crippen LogP contribution in [0.25, 0.3) is 0 Å². The highest BCUT2D eigenvalue weighted by molar-refractivity contribution is 6.31. The van der Waals surface area contributed by atoms with E-state index < -0.39 is 6.10 Å². The van der Waals surface area contributed by atoms with Gasteiger partial charge in [0.1, 0.15) is 0 Å². The fourth-order valence-corrected chi connectivity index (χ4v) is 3.17. The van der Waals surface area contributed by atoms with Crippen LogP contribution in [0, 0.1) is 0 Å². The van der Waals surface area contributed by atoms with Gasteiger partial charge in [0.25, 0.3) is 0 Å². The Balaban J connectivity index is 0.00000147. The number of hydrogen-bond donors (Lipinski definition) is 2. The minimum atomic E-state index is -0.402. The van der Waals surface area contributed by atoms with Crippen LogP contribution < -0.4 is 5.32 Å². The molecule has 1 fully saturated rings. The Kier molecular flexibility index (Phi) is 4.91. The lowest BCUT2D eigenvalue weighted by Gasteiger charge is -2.31. The van der Waals surface area contributed by atoms with Crippen LogP contribution in [-0.2, 0) is 17.8 Å². The van der Waals surface area contributed by atoms with Crippen LogP contribution in [0.4, 0.5) is 0 Å². The summed E-state index contributed by atoms with van der Waals surface area (Å²) in [6.07, 6.45) is 0.911. The summed E-state index contributed by atoms with van der Waals surface area (Å²) in [5.74, 6) is 0.0853. The van der Waals surface area contributed by atoms with E-state index in [0.717, 1.165) is 22.6 Å². The topological polar surface area (TPSA) is 52.6 Å². The first kappa shape index (κ1) is 15.6. The molecular formula is C14H18Cl2N2O2. The molecule has 2 aliphatic rings. The molecule has 0 saturated carbocycles. The molecule has 110 valence electrons. The van der Waals surface area contributed by atoms with Gasteiger partial charge in [0, 0.05) is 24.7 Å². The largest absolute Gasteiger partial charge is 0.392 e. The van der Waals surface area contributed by atoms with Crippen LogP contribution in [0.15, 0.2) is 18.2 Å². The van der Waals surface area contributed by atoms with Crippen LogP contribution in [0.1, 0.15) is 17.5 Å². The lowest BCUT2D eigenvalue weighted by molar-refractivity contribution is -0.134. The molecule has 4 nitrogen and oxygen atoms in total. The predicted octanol–water partition coefficient (Wildman–Crippen LogP) is 1.37. The van der Waals surface area contributed by atoms with Gasteiger partial charge in [-0.2, -0.15) is 0 Å². The van der Waals surface area contributed by atoms with E-state index in [0.29, 0.717) is 26.1 Å². The standard InChI is InChI=1S/C14H17ClN2O2.ClH/c15-12-3-1-2-9-8-17(5-4-11(9)12)14(19)13-6-10(18)7-16-13;/h1-3,10,13,16,18H,4-8H2;1H. The van der Waals surface area contributed by atoms with Gasteiger partial charge in [0.2, 0.25) is 5.91 Å². The minimum absolute atomic E-state index is 0. The van der Waals surface area contributed by atoms with Gasteiger partial charge in [0.15, 0.2) is 0 Å². The summed E-state index contributed by atoms with van der Waals surface area (Å²) in [6.45, 7) is 1.82. The molecule has 2 atom stereocenters. The lowest BCUT2D eigenvalue weighted by Crippen LogP contribution is -2.45. The zero-order valence-corrected chi connectivity index (χ0v) is 12.6. The SMILES string of the molecule is Cl.O=C(C1CC(O)CN1)N1CCc2c(Cl)cccc2C1. The van der Waals surface area contributed by atoms with Crippen molar-refractivity contribution in [2.75, 3.05) is 13.1 Å². The summed E-state index contributed by atoms with van der Waals surface area (Å²) < 4.78 is 0. The van der Waals surface area contributed by atoms with E-state index in [1.165, 1.54) is 0 Å². The van der Waals surface area contributed by atoms with E-state index in [2.05, 4.69) is 5.32 Å². The maximum absolute atomic E-state index is 12.4. The molecule has 0 aromatic heterocycles. The van der Waals surface area contributed by atoms with Gasteiger partial charge in [-0.15, -0.1) is 12.4 Å². The highest BCUT2D eigenvalue weighted by Gasteiger charge is 2.32. The van der Waals surface area contributed by atoms with Crippen LogP contribution in [0.3, 0.4) is 0 Å². The first-order valence-electron chi connectivity index (χ1n) is 6.61. The summed E-state index contributed by atoms with van der Waals surface area (Å²) in [5.41, 5.74) is 2.29. The summed E-state index contributed by atoms with van der Waals surface area (Å²) in [4.78, 5) is 14.2. The third-order valence-electron chi connectivity index (χ3n) is 3.93. The number of nitrogens with one attached hydrogen (secondary N) is 1. The minimum Gasteiger partial charge on any atom is -0.392 e. The molecule has 1 amide bonds. The monoisotopic (exact) mass is 316 g/mol. The van der Waals surface area contributed by atoms with Crippen molar-refractivity contribution < 1.29 is 9.90 Å². The summed E-state index contributed by atoms with van der Waals surface area (Å²) in [7, 11) is 0. The number of rotatable bonds is 1. The van der Waals surface area contributed by atoms with E-state index in [-0.39, 0.29) is 24.4 Å². The number of carbonyl (C=O) groups is 1. The van der Waals surface area contributed by atoms with Gasteiger partial charge in [0.05, 0.1) is 12.1 Å². The third kappa shape index (κ3) is 2.93. The van der Waals surface area contributed by atoms with Gasteiger partial charge in [-0.3, -0.25) is 4.79 Å². The van der Waals surface area contributed by atoms with Gasteiger partial charge < -0.3 is 15.3 Å². The van der Waals surface area contributed by atoms with Crippen molar-refractivity contribution in [2.24, 2.45) is 0 Å². The van der Waals surface area contributed by atoms with Crippen LogP contribution in [0.5, 0.6) is 0 Å². The van der Waals surface area contributed by atoms with Crippen molar-refractivity contribution in [3.05, 3.63) is 34.3 Å². The zero-order valence-electron chi connectivity index (χ0n) is 11.0. The van der Waals surface area contributed by atoms with Crippen molar-refractivity contribution >= 4 is 29.9 Å². The highest BCUT2D eigenvalue weighted by atomic mass is 35.5. The molecule has 0 radical (unpaired) electrons. The Morgan fingerprint density at radius 3 is 2.95 bits per heavy atom. The molecule has 2 heterocycles. The Bertz CT molecular complexity index is 510. The molecule has 1 saturated heterocycles. The molecule has 2 aliphatic heterocycles. The molecule has 20 heavy (non-hydrogen) atoms. The molecule has 2 N–H and O–H groups in total. The third-order valence-corrected chi connectivity index (χ3v) is 4.28. The smallest absolute Gasteiger partial charge is 0.240 e. The van der Waals surface area contributed by atoms with Crippen molar-refractivity contribution in [3.8, 4) is 0 Å². The van der Waals surface area contributed by atoms with E-state index in [4.69, 9.17) is 11.6 Å². The first-order valence-corrected chi connectivity index (χ1v) is 6.99. The average Bonchev–Trinajstić information content (AvgIpc) is 2.84. The number of amides is 1. The lowest BCUT2D eigenvalue weighted by atomic mass is 9.99. The van der Waals surface area contributed by atoms with Gasteiger partial charge in [-0.25, -0.2) is 0 Å². The molecule has 0 spiro atoms. The Labute approximate surface area is 129 Å². The zero-order chi connectivity index (χ0) is 13.4. The van der Waals surface area contributed by atoms with Gasteiger partial charge in [-0.1, -0.05) is 23.7 Å². The number of halogens is 2. The number of aliphatic hydroxyl groups excluding tert-OH is 1. The summed E-state index contributed by atoms with van der Waals surface area (Å²) in [5, 5.41) is 13.4. The fraction of sp³-hybridized carbons (Fsp3) is 0.500. The number of benzene rings is 1. The maximum Gasteiger partial charge on any atom is 0.240 e. The molecule has 2 unspecified atom stereocenters. The quantitative estimate of drug-likeness (QED) is 0.822. The molecule has 3 rings (SSSR count). The Morgan fingerprint density at radius 2 is 2.25 bits per heavy atom. The van der Waals surface area contributed by atoms with Crippen molar-refractivity contribution in [1.82, 2.24) is 10.2 Å². The average molecular weight is 317 g/mol. The second-order valence-electron chi connectivity index (χ2n) is 5.24. The van der Waals surface area contributed by atoms with E-state index in [9.17, 15) is 9.90 Å². The molecule has 1 aromatic rings. The number of fused-ring (bicyclic) bond motifs is 1. The Hall–Kier alpha value is -0.810.